The molecule has 34 heavy (non-hydrogen) atoms. The zero-order valence-corrected chi connectivity index (χ0v) is 20.1. The molecule has 0 aliphatic heterocycles. The molecule has 0 bridgehead atoms. The Balaban J connectivity index is 2.41. The van der Waals surface area contributed by atoms with Gasteiger partial charge in [0.25, 0.3) is 11.8 Å². The number of alkyl carbamates (subject to hydrolysis) is 1. The predicted octanol–water partition coefficient (Wildman–Crippen LogP) is 3.91. The molecule has 0 heterocycles. The molecule has 0 spiro atoms. The molecular weight excluding hydrogens is 430 g/mol. The molecule has 176 valence electrons. The molecule has 0 aliphatic carbocycles. The minimum absolute atomic E-state index is 0.386. The van der Waals surface area contributed by atoms with E-state index < -0.39 is 36.1 Å². The first kappa shape index (κ1) is 26.0. The van der Waals surface area contributed by atoms with E-state index in [1.807, 2.05) is 32.0 Å². The highest BCUT2D eigenvalue weighted by molar-refractivity contribution is 6.00. The van der Waals surface area contributed by atoms with Crippen molar-refractivity contribution in [2.45, 2.75) is 46.3 Å². The van der Waals surface area contributed by atoms with Crippen molar-refractivity contribution in [2.24, 2.45) is 0 Å². The summed E-state index contributed by atoms with van der Waals surface area (Å²) in [6, 6.07) is 13.4. The Bertz CT molecular complexity index is 1150. The van der Waals surface area contributed by atoms with Crippen LogP contribution in [-0.2, 0) is 14.3 Å². The van der Waals surface area contributed by atoms with Gasteiger partial charge in [-0.3, -0.25) is 14.5 Å². The predicted molar refractivity (Wildman–Crippen MR) is 132 cm³/mol. The lowest BCUT2D eigenvalue weighted by atomic mass is 9.98. The number of carbonyl (C=O) groups is 3. The number of para-hydroxylation sites is 1. The van der Waals surface area contributed by atoms with Crippen LogP contribution in [0.25, 0.3) is 0 Å². The summed E-state index contributed by atoms with van der Waals surface area (Å²) < 4.78 is 5.16. The molecule has 3 amide bonds. The van der Waals surface area contributed by atoms with Gasteiger partial charge in [-0.2, -0.15) is 0 Å². The number of hydrogen-bond donors (Lipinski definition) is 2. The maximum atomic E-state index is 13.5. The van der Waals surface area contributed by atoms with Crippen LogP contribution in [0.4, 0.5) is 10.5 Å². The second kappa shape index (κ2) is 11.1. The number of terminal acetylenes is 2. The summed E-state index contributed by atoms with van der Waals surface area (Å²) in [6.45, 7) is 8.36. The number of aryl methyl sites for hydroxylation is 2. The largest absolute Gasteiger partial charge is 0.444 e. The van der Waals surface area contributed by atoms with Crippen molar-refractivity contribution in [3.8, 4) is 24.8 Å². The number of amides is 3. The molecule has 2 aromatic carbocycles. The smallest absolute Gasteiger partial charge is 0.408 e. The molecule has 1 unspecified atom stereocenters. The van der Waals surface area contributed by atoms with Gasteiger partial charge >= 0.3 is 6.09 Å². The van der Waals surface area contributed by atoms with E-state index >= 15 is 0 Å². The zero-order valence-electron chi connectivity index (χ0n) is 20.1. The van der Waals surface area contributed by atoms with Crippen molar-refractivity contribution in [3.63, 3.8) is 0 Å². The fourth-order valence-corrected chi connectivity index (χ4v) is 3.31. The molecule has 2 rings (SSSR count). The number of carbonyl (C=O) groups excluding carboxylic acids is 3. The van der Waals surface area contributed by atoms with Gasteiger partial charge in [-0.25, -0.2) is 4.79 Å². The molecule has 7 heteroatoms. The van der Waals surface area contributed by atoms with Crippen LogP contribution in [0.1, 0.15) is 49.1 Å². The van der Waals surface area contributed by atoms with Crippen molar-refractivity contribution in [3.05, 3.63) is 64.7 Å². The molecule has 7 nitrogen and oxygen atoms in total. The number of nitrogens with one attached hydrogen (secondary N) is 2. The van der Waals surface area contributed by atoms with Crippen LogP contribution in [0.5, 0.6) is 0 Å². The van der Waals surface area contributed by atoms with Gasteiger partial charge in [0.15, 0.2) is 6.04 Å². The Hall–Kier alpha value is -4.23. The number of nitrogens with zero attached hydrogens (tertiary/aromatic N) is 1. The Morgan fingerprint density at radius 2 is 1.65 bits per heavy atom. The lowest BCUT2D eigenvalue weighted by Gasteiger charge is -2.28. The van der Waals surface area contributed by atoms with Gasteiger partial charge < -0.3 is 15.4 Å². The number of anilines is 1. The monoisotopic (exact) mass is 459 g/mol. The summed E-state index contributed by atoms with van der Waals surface area (Å²) in [5, 5.41) is 5.26. The number of ether oxygens (including phenoxy) is 1. The van der Waals surface area contributed by atoms with Crippen LogP contribution in [-0.4, -0.2) is 35.0 Å². The Morgan fingerprint density at radius 3 is 2.21 bits per heavy atom. The summed E-state index contributed by atoms with van der Waals surface area (Å²) in [6.07, 6.45) is 10.6. The lowest BCUT2D eigenvalue weighted by Crippen LogP contribution is -2.44. The van der Waals surface area contributed by atoms with Gasteiger partial charge in [0.2, 0.25) is 0 Å². The Kier molecular flexibility index (Phi) is 8.47. The van der Waals surface area contributed by atoms with E-state index in [1.165, 1.54) is 0 Å². The van der Waals surface area contributed by atoms with E-state index in [4.69, 9.17) is 17.6 Å². The van der Waals surface area contributed by atoms with Crippen molar-refractivity contribution in [2.75, 3.05) is 11.9 Å². The van der Waals surface area contributed by atoms with Crippen LogP contribution < -0.4 is 10.6 Å². The van der Waals surface area contributed by atoms with Crippen LogP contribution in [0.3, 0.4) is 0 Å². The second-order valence-electron chi connectivity index (χ2n) is 8.64. The van der Waals surface area contributed by atoms with Crippen LogP contribution in [0.15, 0.2) is 42.5 Å². The third-order valence-electron chi connectivity index (χ3n) is 4.84. The van der Waals surface area contributed by atoms with Crippen LogP contribution >= 0.6 is 0 Å². The highest BCUT2D eigenvalue weighted by Crippen LogP contribution is 2.27. The summed E-state index contributed by atoms with van der Waals surface area (Å²) in [5.74, 6) is 1.32. The number of benzene rings is 2. The first-order valence-corrected chi connectivity index (χ1v) is 10.7. The van der Waals surface area contributed by atoms with Crippen molar-refractivity contribution >= 4 is 23.6 Å². The SMILES string of the molecule is C#Cc1ccccc1C(C(=O)Nc1c(C)cccc1C)N(C#C)C(=O)CNC(=O)OC(C)(C)C. The summed E-state index contributed by atoms with van der Waals surface area (Å²) in [5.41, 5.74) is 2.38. The van der Waals surface area contributed by atoms with Crippen molar-refractivity contribution in [1.82, 2.24) is 10.2 Å². The topological polar surface area (TPSA) is 87.7 Å². The zero-order chi connectivity index (χ0) is 25.5. The van der Waals surface area contributed by atoms with Crippen LogP contribution in [0, 0.1) is 38.7 Å². The molecule has 0 radical (unpaired) electrons. The average molecular weight is 460 g/mol. The third-order valence-corrected chi connectivity index (χ3v) is 4.84. The molecule has 0 aromatic heterocycles. The fraction of sp³-hybridized carbons (Fsp3) is 0.296. The Labute approximate surface area is 200 Å². The van der Waals surface area contributed by atoms with Gasteiger partial charge in [0, 0.05) is 22.9 Å². The molecule has 2 aromatic rings. The standard InChI is InChI=1S/C27H29N3O4/c1-8-20-15-10-11-16-21(20)24(25(32)29-23-18(3)13-12-14-19(23)4)30(9-2)22(31)17-28-26(33)34-27(5,6)7/h1-2,10-16,24H,17H2,3-7H3,(H,28,33)(H,29,32). The average Bonchev–Trinajstić information content (AvgIpc) is 2.77. The summed E-state index contributed by atoms with van der Waals surface area (Å²) >= 11 is 0. The molecule has 0 saturated carbocycles. The second-order valence-corrected chi connectivity index (χ2v) is 8.64. The first-order chi connectivity index (χ1) is 16.0. The molecule has 0 fully saturated rings. The van der Waals surface area contributed by atoms with Gasteiger partial charge in [0.05, 0.1) is 0 Å². The summed E-state index contributed by atoms with van der Waals surface area (Å²) in [7, 11) is 0. The summed E-state index contributed by atoms with van der Waals surface area (Å²) in [4.78, 5) is 39.5. The molecule has 0 aliphatic rings. The van der Waals surface area contributed by atoms with E-state index in [2.05, 4.69) is 22.6 Å². The van der Waals surface area contributed by atoms with Gasteiger partial charge in [0.1, 0.15) is 12.1 Å². The molecule has 2 N–H and O–H groups in total. The number of hydrogen-bond acceptors (Lipinski definition) is 4. The molecular formula is C27H29N3O4. The maximum Gasteiger partial charge on any atom is 0.408 e. The van der Waals surface area contributed by atoms with E-state index in [0.29, 0.717) is 16.8 Å². The highest BCUT2D eigenvalue weighted by Gasteiger charge is 2.33. The van der Waals surface area contributed by atoms with Crippen molar-refractivity contribution in [1.29, 1.82) is 0 Å². The molecule has 0 saturated heterocycles. The number of rotatable bonds is 6. The minimum atomic E-state index is -1.23. The first-order valence-electron chi connectivity index (χ1n) is 10.7. The van der Waals surface area contributed by atoms with E-state index in [9.17, 15) is 14.4 Å². The van der Waals surface area contributed by atoms with Crippen molar-refractivity contribution < 1.29 is 19.1 Å². The third kappa shape index (κ3) is 6.63. The van der Waals surface area contributed by atoms with E-state index in [-0.39, 0.29) is 0 Å². The minimum Gasteiger partial charge on any atom is -0.444 e. The quantitative estimate of drug-likeness (QED) is 0.507. The lowest BCUT2D eigenvalue weighted by molar-refractivity contribution is -0.134. The van der Waals surface area contributed by atoms with E-state index in [1.54, 1.807) is 45.0 Å². The molecule has 1 atom stereocenters. The van der Waals surface area contributed by atoms with E-state index in [0.717, 1.165) is 16.0 Å². The normalized spacial score (nSPS) is 11.4. The fourth-order valence-electron chi connectivity index (χ4n) is 3.31. The van der Waals surface area contributed by atoms with Crippen LogP contribution in [0.2, 0.25) is 0 Å². The van der Waals surface area contributed by atoms with Gasteiger partial charge in [-0.05, 0) is 51.8 Å². The van der Waals surface area contributed by atoms with Gasteiger partial charge in [-0.15, -0.1) is 6.42 Å². The highest BCUT2D eigenvalue weighted by atomic mass is 16.6. The van der Waals surface area contributed by atoms with Gasteiger partial charge in [-0.1, -0.05) is 48.7 Å². The maximum absolute atomic E-state index is 13.5. The Morgan fingerprint density at radius 1 is 1.03 bits per heavy atom.